The van der Waals surface area contributed by atoms with Crippen LogP contribution in [0.5, 0.6) is 0 Å². The van der Waals surface area contributed by atoms with Crippen molar-refractivity contribution in [2.75, 3.05) is 17.6 Å². The smallest absolute Gasteiger partial charge is 0.221 e. The van der Waals surface area contributed by atoms with Crippen LogP contribution in [0.1, 0.15) is 44.6 Å². The van der Waals surface area contributed by atoms with E-state index in [0.29, 0.717) is 5.95 Å². The molecule has 18 heavy (non-hydrogen) atoms. The zero-order valence-corrected chi connectivity index (χ0v) is 11.4. The summed E-state index contributed by atoms with van der Waals surface area (Å²) in [5.74, 6) is 3.03. The number of anilines is 2. The fourth-order valence-electron chi connectivity index (χ4n) is 2.65. The van der Waals surface area contributed by atoms with Crippen LogP contribution in [0.15, 0.2) is 6.20 Å². The molecule has 1 aromatic rings. The monoisotopic (exact) mass is 248 g/mol. The minimum Gasteiger partial charge on any atom is -0.370 e. The molecule has 0 aliphatic heterocycles. The maximum Gasteiger partial charge on any atom is 0.221 e. The number of aryl methyl sites for hydroxylation is 1. The number of nitrogens with two attached hydrogens (primary N) is 1. The molecule has 100 valence electrons. The lowest BCUT2D eigenvalue weighted by Gasteiger charge is -2.26. The number of nitrogens with zero attached hydrogens (tertiary/aromatic N) is 2. The van der Waals surface area contributed by atoms with Crippen molar-refractivity contribution in [3.8, 4) is 0 Å². The minimum atomic E-state index is 0.342. The molecule has 0 unspecified atom stereocenters. The largest absolute Gasteiger partial charge is 0.370 e. The molecule has 1 heterocycles. The van der Waals surface area contributed by atoms with Crippen LogP contribution in [-0.2, 0) is 0 Å². The first kappa shape index (κ1) is 13.1. The number of hydrogen-bond acceptors (Lipinski definition) is 4. The zero-order chi connectivity index (χ0) is 13.0. The van der Waals surface area contributed by atoms with Crippen LogP contribution in [0.2, 0.25) is 0 Å². The molecule has 3 N–H and O–H groups in total. The highest BCUT2D eigenvalue weighted by Crippen LogP contribution is 2.30. The van der Waals surface area contributed by atoms with Gasteiger partial charge in [0.15, 0.2) is 0 Å². The molecule has 0 saturated heterocycles. The maximum absolute atomic E-state index is 5.60. The van der Waals surface area contributed by atoms with E-state index in [4.69, 9.17) is 5.73 Å². The lowest BCUT2D eigenvalue weighted by molar-refractivity contribution is 0.282. The van der Waals surface area contributed by atoms with Crippen molar-refractivity contribution in [3.63, 3.8) is 0 Å². The molecular formula is C14H24N4. The van der Waals surface area contributed by atoms with Gasteiger partial charge in [-0.1, -0.05) is 32.6 Å². The van der Waals surface area contributed by atoms with Gasteiger partial charge >= 0.3 is 0 Å². The number of rotatable bonds is 4. The standard InChI is InChI=1S/C14H24N4/c1-10-3-5-12(6-4-10)7-8-16-13-11(2)9-17-14(15)18-13/h9-10,12H,3-8H2,1-2H3,(H3,15,16,17,18). The van der Waals surface area contributed by atoms with Crippen molar-refractivity contribution in [2.24, 2.45) is 11.8 Å². The second-order valence-electron chi connectivity index (χ2n) is 5.60. The van der Waals surface area contributed by atoms with Gasteiger partial charge in [0.25, 0.3) is 0 Å². The second-order valence-corrected chi connectivity index (χ2v) is 5.60. The van der Waals surface area contributed by atoms with Crippen LogP contribution in [-0.4, -0.2) is 16.5 Å². The summed E-state index contributed by atoms with van der Waals surface area (Å²) >= 11 is 0. The Labute approximate surface area is 109 Å². The summed E-state index contributed by atoms with van der Waals surface area (Å²) in [6.07, 6.45) is 8.55. The van der Waals surface area contributed by atoms with Gasteiger partial charge in [0.1, 0.15) is 5.82 Å². The molecule has 2 rings (SSSR count). The fourth-order valence-corrected chi connectivity index (χ4v) is 2.65. The lowest BCUT2D eigenvalue weighted by atomic mass is 9.81. The first-order valence-electron chi connectivity index (χ1n) is 6.98. The average molecular weight is 248 g/mol. The molecule has 1 aliphatic carbocycles. The number of nitrogen functional groups attached to an aromatic ring is 1. The van der Waals surface area contributed by atoms with Crippen LogP contribution >= 0.6 is 0 Å². The van der Waals surface area contributed by atoms with Gasteiger partial charge < -0.3 is 11.1 Å². The maximum atomic E-state index is 5.60. The Morgan fingerprint density at radius 1 is 1.33 bits per heavy atom. The number of nitrogens with one attached hydrogen (secondary N) is 1. The SMILES string of the molecule is Cc1cnc(N)nc1NCCC1CCC(C)CC1. The second kappa shape index (κ2) is 6.03. The molecule has 0 amide bonds. The summed E-state index contributed by atoms with van der Waals surface area (Å²) in [4.78, 5) is 8.20. The Morgan fingerprint density at radius 3 is 2.78 bits per heavy atom. The summed E-state index contributed by atoms with van der Waals surface area (Å²) < 4.78 is 0. The van der Waals surface area contributed by atoms with Crippen LogP contribution < -0.4 is 11.1 Å². The van der Waals surface area contributed by atoms with E-state index in [9.17, 15) is 0 Å². The average Bonchev–Trinajstić information content (AvgIpc) is 2.36. The quantitative estimate of drug-likeness (QED) is 0.859. The van der Waals surface area contributed by atoms with Crippen molar-refractivity contribution in [2.45, 2.75) is 46.0 Å². The van der Waals surface area contributed by atoms with E-state index in [2.05, 4.69) is 22.2 Å². The van der Waals surface area contributed by atoms with Crippen molar-refractivity contribution in [1.82, 2.24) is 9.97 Å². The molecular weight excluding hydrogens is 224 g/mol. The van der Waals surface area contributed by atoms with E-state index in [1.165, 1.54) is 32.1 Å². The minimum absolute atomic E-state index is 0.342. The van der Waals surface area contributed by atoms with Gasteiger partial charge in [0, 0.05) is 18.3 Å². The molecule has 4 heteroatoms. The molecule has 1 saturated carbocycles. The molecule has 0 spiro atoms. The Kier molecular flexibility index (Phi) is 4.39. The van der Waals surface area contributed by atoms with Gasteiger partial charge in [0.2, 0.25) is 5.95 Å². The van der Waals surface area contributed by atoms with Crippen LogP contribution in [0.4, 0.5) is 11.8 Å². The van der Waals surface area contributed by atoms with E-state index in [0.717, 1.165) is 29.8 Å². The Balaban J connectivity index is 1.76. The predicted molar refractivity (Wildman–Crippen MR) is 75.4 cm³/mol. The van der Waals surface area contributed by atoms with Gasteiger partial charge in [-0.3, -0.25) is 0 Å². The van der Waals surface area contributed by atoms with Crippen molar-refractivity contribution >= 4 is 11.8 Å². The highest BCUT2D eigenvalue weighted by molar-refractivity contribution is 5.44. The summed E-state index contributed by atoms with van der Waals surface area (Å²) in [5, 5.41) is 3.38. The van der Waals surface area contributed by atoms with Gasteiger partial charge in [-0.05, 0) is 25.2 Å². The van der Waals surface area contributed by atoms with Crippen molar-refractivity contribution in [1.29, 1.82) is 0 Å². The third-order valence-electron chi connectivity index (χ3n) is 3.97. The fraction of sp³-hybridized carbons (Fsp3) is 0.714. The molecule has 0 atom stereocenters. The Morgan fingerprint density at radius 2 is 2.06 bits per heavy atom. The van der Waals surface area contributed by atoms with Crippen molar-refractivity contribution in [3.05, 3.63) is 11.8 Å². The first-order chi connectivity index (χ1) is 8.65. The van der Waals surface area contributed by atoms with Gasteiger partial charge in [-0.2, -0.15) is 4.98 Å². The molecule has 0 bridgehead atoms. The van der Waals surface area contributed by atoms with Crippen LogP contribution in [0.3, 0.4) is 0 Å². The summed E-state index contributed by atoms with van der Waals surface area (Å²) in [5.41, 5.74) is 6.65. The topological polar surface area (TPSA) is 63.8 Å². The van der Waals surface area contributed by atoms with Crippen LogP contribution in [0.25, 0.3) is 0 Å². The van der Waals surface area contributed by atoms with Gasteiger partial charge in [-0.15, -0.1) is 0 Å². The lowest BCUT2D eigenvalue weighted by Crippen LogP contribution is -2.16. The van der Waals surface area contributed by atoms with E-state index in [1.807, 2.05) is 6.92 Å². The Bertz CT molecular complexity index is 383. The number of hydrogen-bond donors (Lipinski definition) is 2. The molecule has 0 radical (unpaired) electrons. The van der Waals surface area contributed by atoms with E-state index in [1.54, 1.807) is 6.20 Å². The molecule has 4 nitrogen and oxygen atoms in total. The van der Waals surface area contributed by atoms with Crippen LogP contribution in [0, 0.1) is 18.8 Å². The molecule has 1 aliphatic rings. The number of aromatic nitrogens is 2. The molecule has 1 fully saturated rings. The van der Waals surface area contributed by atoms with E-state index < -0.39 is 0 Å². The first-order valence-corrected chi connectivity index (χ1v) is 6.98. The van der Waals surface area contributed by atoms with E-state index >= 15 is 0 Å². The van der Waals surface area contributed by atoms with Gasteiger partial charge in [-0.25, -0.2) is 4.98 Å². The highest BCUT2D eigenvalue weighted by atomic mass is 15.1. The van der Waals surface area contributed by atoms with E-state index in [-0.39, 0.29) is 0 Å². The summed E-state index contributed by atoms with van der Waals surface area (Å²) in [6.45, 7) is 5.35. The predicted octanol–water partition coefficient (Wildman–Crippen LogP) is 3.00. The normalized spacial score (nSPS) is 23.9. The van der Waals surface area contributed by atoms with Gasteiger partial charge in [0.05, 0.1) is 0 Å². The third kappa shape index (κ3) is 3.59. The van der Waals surface area contributed by atoms with Crippen molar-refractivity contribution < 1.29 is 0 Å². The highest BCUT2D eigenvalue weighted by Gasteiger charge is 2.17. The zero-order valence-electron chi connectivity index (χ0n) is 11.4. The summed E-state index contributed by atoms with van der Waals surface area (Å²) in [7, 11) is 0. The third-order valence-corrected chi connectivity index (χ3v) is 3.97. The molecule has 1 aromatic heterocycles. The summed E-state index contributed by atoms with van der Waals surface area (Å²) in [6, 6.07) is 0. The Hall–Kier alpha value is -1.32. The molecule has 0 aromatic carbocycles.